The van der Waals surface area contributed by atoms with Crippen LogP contribution in [0.2, 0.25) is 0 Å². The molecule has 258 valence electrons. The van der Waals surface area contributed by atoms with Crippen LogP contribution in [0.4, 0.5) is 11.4 Å². The van der Waals surface area contributed by atoms with Gasteiger partial charge in [0.1, 0.15) is 12.1 Å². The van der Waals surface area contributed by atoms with Gasteiger partial charge in [-0.3, -0.25) is 28.8 Å². The maximum atomic E-state index is 12.9. The van der Waals surface area contributed by atoms with Crippen molar-refractivity contribution in [3.63, 3.8) is 0 Å². The fourth-order valence-electron chi connectivity index (χ4n) is 5.70. The number of piperidine rings is 2. The first-order chi connectivity index (χ1) is 23.1. The van der Waals surface area contributed by atoms with Crippen LogP contribution in [0.25, 0.3) is 0 Å². The highest BCUT2D eigenvalue weighted by molar-refractivity contribution is 5.92. The lowest BCUT2D eigenvalue weighted by atomic mass is 10.0. The molecule has 0 radical (unpaired) electrons. The molecule has 4 rings (SSSR count). The average molecular weight is 663 g/mol. The first kappa shape index (κ1) is 35.7. The summed E-state index contributed by atoms with van der Waals surface area (Å²) >= 11 is 0. The molecule has 14 heteroatoms. The first-order valence-corrected chi connectivity index (χ1v) is 16.5. The summed E-state index contributed by atoms with van der Waals surface area (Å²) in [6.45, 7) is 1.34. The Morgan fingerprint density at radius 1 is 0.604 bits per heavy atom. The van der Waals surface area contributed by atoms with Crippen molar-refractivity contribution in [3.8, 4) is 0 Å². The summed E-state index contributed by atoms with van der Waals surface area (Å²) < 4.78 is 0. The van der Waals surface area contributed by atoms with Crippen molar-refractivity contribution in [2.45, 2.75) is 76.5 Å². The van der Waals surface area contributed by atoms with E-state index < -0.39 is 12.1 Å². The van der Waals surface area contributed by atoms with Gasteiger partial charge in [-0.1, -0.05) is 24.3 Å². The molecular formula is C34H46N8O6. The zero-order chi connectivity index (χ0) is 34.5. The number of anilines is 2. The van der Waals surface area contributed by atoms with E-state index in [0.717, 1.165) is 11.1 Å². The number of carbonyl (C=O) groups excluding carboxylic acids is 6. The molecule has 2 aromatic carbocycles. The Morgan fingerprint density at radius 2 is 0.979 bits per heavy atom. The number of amides is 6. The molecule has 2 atom stereocenters. The minimum absolute atomic E-state index is 0.0890. The van der Waals surface area contributed by atoms with Crippen molar-refractivity contribution in [1.82, 2.24) is 31.1 Å². The van der Waals surface area contributed by atoms with E-state index in [1.807, 2.05) is 24.3 Å². The highest BCUT2D eigenvalue weighted by atomic mass is 16.2. The summed E-state index contributed by atoms with van der Waals surface area (Å²) in [6, 6.07) is 12.9. The largest absolute Gasteiger partial charge is 0.399 e. The van der Waals surface area contributed by atoms with E-state index in [0.29, 0.717) is 76.1 Å². The molecule has 0 saturated carbocycles. The number of nitrogen functional groups attached to an aromatic ring is 2. The van der Waals surface area contributed by atoms with Crippen LogP contribution >= 0.6 is 0 Å². The summed E-state index contributed by atoms with van der Waals surface area (Å²) in [6.07, 6.45) is 3.44. The monoisotopic (exact) mass is 662 g/mol. The van der Waals surface area contributed by atoms with E-state index in [1.54, 1.807) is 24.3 Å². The van der Waals surface area contributed by atoms with Crippen LogP contribution in [0.5, 0.6) is 0 Å². The summed E-state index contributed by atoms with van der Waals surface area (Å²) in [7, 11) is 0. The van der Waals surface area contributed by atoms with Crippen molar-refractivity contribution in [3.05, 3.63) is 59.7 Å². The van der Waals surface area contributed by atoms with Crippen molar-refractivity contribution >= 4 is 46.8 Å². The summed E-state index contributed by atoms with van der Waals surface area (Å²) in [4.78, 5) is 78.8. The Labute approximate surface area is 280 Å². The molecular weight excluding hydrogens is 616 g/mol. The van der Waals surface area contributed by atoms with Crippen molar-refractivity contribution in [1.29, 1.82) is 0 Å². The molecule has 14 nitrogen and oxygen atoms in total. The minimum atomic E-state index is -0.695. The maximum Gasteiger partial charge on any atom is 0.245 e. The molecule has 2 heterocycles. The molecule has 2 aromatic rings. The van der Waals surface area contributed by atoms with Gasteiger partial charge in [-0.05, 0) is 73.9 Å². The Bertz CT molecular complexity index is 1340. The minimum Gasteiger partial charge on any atom is -0.399 e. The Morgan fingerprint density at radius 3 is 1.35 bits per heavy atom. The van der Waals surface area contributed by atoms with E-state index in [-0.39, 0.29) is 61.4 Å². The van der Waals surface area contributed by atoms with E-state index >= 15 is 0 Å². The third-order valence-corrected chi connectivity index (χ3v) is 8.40. The van der Waals surface area contributed by atoms with Crippen LogP contribution in [0.3, 0.4) is 0 Å². The SMILES string of the molecule is Nc1ccc(CNC(=O)CN2CCCC(NC(=O)CCCCC(=O)NC3CCCN(CC(=O)NCc4ccc(N)cc4)C3=O)C2=O)cc1. The number of carbonyl (C=O) groups is 6. The predicted octanol–water partition coefficient (Wildman–Crippen LogP) is 0.558. The van der Waals surface area contributed by atoms with Gasteiger partial charge < -0.3 is 42.5 Å². The van der Waals surface area contributed by atoms with Crippen molar-refractivity contribution in [2.24, 2.45) is 0 Å². The lowest BCUT2D eigenvalue weighted by molar-refractivity contribution is -0.142. The van der Waals surface area contributed by atoms with Crippen molar-refractivity contribution in [2.75, 3.05) is 37.6 Å². The normalized spacial score (nSPS) is 17.8. The van der Waals surface area contributed by atoms with Gasteiger partial charge in [0.15, 0.2) is 0 Å². The van der Waals surface area contributed by atoms with E-state index in [9.17, 15) is 28.8 Å². The molecule has 2 aliphatic rings. The molecule has 2 unspecified atom stereocenters. The van der Waals surface area contributed by atoms with Crippen LogP contribution in [0, 0.1) is 0 Å². The second-order valence-electron chi connectivity index (χ2n) is 12.3. The van der Waals surface area contributed by atoms with Gasteiger partial charge in [-0.2, -0.15) is 0 Å². The van der Waals surface area contributed by atoms with Gasteiger partial charge in [-0.15, -0.1) is 0 Å². The van der Waals surface area contributed by atoms with Gasteiger partial charge in [-0.25, -0.2) is 0 Å². The van der Waals surface area contributed by atoms with Crippen LogP contribution in [-0.4, -0.2) is 83.5 Å². The molecule has 2 saturated heterocycles. The molecule has 0 spiro atoms. The van der Waals surface area contributed by atoms with Crippen LogP contribution in [0.1, 0.15) is 62.5 Å². The molecule has 8 N–H and O–H groups in total. The topological polar surface area (TPSA) is 209 Å². The number of nitrogens with zero attached hydrogens (tertiary/aromatic N) is 2. The second kappa shape index (κ2) is 17.7. The molecule has 0 aliphatic carbocycles. The number of likely N-dealkylation sites (tertiary alicyclic amines) is 2. The third kappa shape index (κ3) is 11.3. The quantitative estimate of drug-likeness (QED) is 0.117. The number of unbranched alkanes of at least 4 members (excludes halogenated alkanes) is 1. The Hall–Kier alpha value is -5.14. The number of hydrogen-bond donors (Lipinski definition) is 6. The zero-order valence-corrected chi connectivity index (χ0v) is 27.2. The van der Waals surface area contributed by atoms with E-state index in [1.165, 1.54) is 9.80 Å². The van der Waals surface area contributed by atoms with Gasteiger partial charge in [0.2, 0.25) is 35.4 Å². The summed E-state index contributed by atoms with van der Waals surface area (Å²) in [5.74, 6) is -1.75. The fourth-order valence-corrected chi connectivity index (χ4v) is 5.70. The maximum absolute atomic E-state index is 12.9. The predicted molar refractivity (Wildman–Crippen MR) is 179 cm³/mol. The van der Waals surface area contributed by atoms with Crippen LogP contribution in [0.15, 0.2) is 48.5 Å². The molecule has 48 heavy (non-hydrogen) atoms. The van der Waals surface area contributed by atoms with Gasteiger partial charge >= 0.3 is 0 Å². The summed E-state index contributed by atoms with van der Waals surface area (Å²) in [5, 5.41) is 11.1. The Kier molecular flexibility index (Phi) is 13.2. The molecule has 0 aromatic heterocycles. The number of benzene rings is 2. The number of hydrogen-bond acceptors (Lipinski definition) is 8. The number of nitrogens with one attached hydrogen (secondary N) is 4. The van der Waals surface area contributed by atoms with E-state index in [4.69, 9.17) is 11.5 Å². The number of rotatable bonds is 15. The highest BCUT2D eigenvalue weighted by Crippen LogP contribution is 2.14. The molecule has 2 aliphatic heterocycles. The number of nitrogens with two attached hydrogens (primary N) is 2. The highest BCUT2D eigenvalue weighted by Gasteiger charge is 2.32. The smallest absolute Gasteiger partial charge is 0.245 e. The van der Waals surface area contributed by atoms with Gasteiger partial charge in [0.25, 0.3) is 0 Å². The molecule has 6 amide bonds. The first-order valence-electron chi connectivity index (χ1n) is 16.5. The summed E-state index contributed by atoms with van der Waals surface area (Å²) in [5.41, 5.74) is 14.4. The van der Waals surface area contributed by atoms with Gasteiger partial charge in [0, 0.05) is 50.4 Å². The second-order valence-corrected chi connectivity index (χ2v) is 12.3. The average Bonchev–Trinajstić information content (AvgIpc) is 3.06. The fraction of sp³-hybridized carbons (Fsp3) is 0.471. The van der Waals surface area contributed by atoms with Crippen LogP contribution in [-0.2, 0) is 41.9 Å². The lowest BCUT2D eigenvalue weighted by Crippen LogP contribution is -2.54. The molecule has 2 fully saturated rings. The van der Waals surface area contributed by atoms with Crippen molar-refractivity contribution < 1.29 is 28.8 Å². The van der Waals surface area contributed by atoms with Crippen LogP contribution < -0.4 is 32.7 Å². The zero-order valence-electron chi connectivity index (χ0n) is 27.2. The third-order valence-electron chi connectivity index (χ3n) is 8.40. The standard InChI is InChI=1S/C34H46N8O6/c35-25-13-9-23(10-14-25)19-37-31(45)21-41-17-3-5-27(33(41)47)39-29(43)7-1-2-8-30(44)40-28-6-4-18-42(34(28)48)22-32(46)38-20-24-11-15-26(36)16-12-24/h9-16,27-28H,1-8,17-22,35-36H2,(H,37,45)(H,38,46)(H,39,43)(H,40,44). The van der Waals surface area contributed by atoms with E-state index in [2.05, 4.69) is 21.3 Å². The van der Waals surface area contributed by atoms with Gasteiger partial charge in [0.05, 0.1) is 13.1 Å². The Balaban J connectivity index is 1.10. The molecule has 0 bridgehead atoms. The lowest BCUT2D eigenvalue weighted by Gasteiger charge is -2.32.